The van der Waals surface area contributed by atoms with Crippen LogP contribution >= 0.6 is 11.6 Å². The van der Waals surface area contributed by atoms with Gasteiger partial charge in [0.15, 0.2) is 0 Å². The van der Waals surface area contributed by atoms with Gasteiger partial charge in [-0.05, 0) is 66.1 Å². The molecule has 30 heavy (non-hydrogen) atoms. The van der Waals surface area contributed by atoms with E-state index in [2.05, 4.69) is 5.32 Å². The van der Waals surface area contributed by atoms with Crippen LogP contribution in [0.5, 0.6) is 0 Å². The molecule has 1 aliphatic heterocycles. The van der Waals surface area contributed by atoms with E-state index in [-0.39, 0.29) is 11.8 Å². The van der Waals surface area contributed by atoms with Gasteiger partial charge in [-0.2, -0.15) is 5.26 Å². The van der Waals surface area contributed by atoms with Gasteiger partial charge in [-0.3, -0.25) is 9.59 Å². The van der Waals surface area contributed by atoms with Crippen LogP contribution in [-0.4, -0.2) is 18.4 Å². The zero-order valence-electron chi connectivity index (χ0n) is 16.1. The van der Waals surface area contributed by atoms with Gasteiger partial charge in [0, 0.05) is 34.9 Å². The highest BCUT2D eigenvalue weighted by Gasteiger charge is 2.25. The fourth-order valence-electron chi connectivity index (χ4n) is 3.53. The van der Waals surface area contributed by atoms with Crippen molar-refractivity contribution in [2.75, 3.05) is 11.4 Å². The Morgan fingerprint density at radius 2 is 1.83 bits per heavy atom. The minimum absolute atomic E-state index is 0.0712. The molecule has 0 radical (unpaired) electrons. The van der Waals surface area contributed by atoms with E-state index in [4.69, 9.17) is 16.9 Å². The molecule has 148 valence electrons. The van der Waals surface area contributed by atoms with E-state index in [1.165, 1.54) is 0 Å². The van der Waals surface area contributed by atoms with Crippen molar-refractivity contribution < 1.29 is 9.59 Å². The topological polar surface area (TPSA) is 73.2 Å². The number of carbonyl (C=O) groups excluding carboxylic acids is 2. The summed E-state index contributed by atoms with van der Waals surface area (Å²) in [6.45, 7) is 0.996. The van der Waals surface area contributed by atoms with Crippen molar-refractivity contribution in [3.63, 3.8) is 0 Å². The van der Waals surface area contributed by atoms with Gasteiger partial charge in [0.1, 0.15) is 0 Å². The van der Waals surface area contributed by atoms with E-state index in [1.807, 2.05) is 24.3 Å². The highest BCUT2D eigenvalue weighted by Crippen LogP contribution is 2.30. The van der Waals surface area contributed by atoms with Gasteiger partial charge in [-0.1, -0.05) is 29.8 Å². The first kappa shape index (κ1) is 19.7. The molecule has 3 aromatic carbocycles. The molecule has 4 rings (SSSR count). The van der Waals surface area contributed by atoms with Gasteiger partial charge in [-0.25, -0.2) is 0 Å². The van der Waals surface area contributed by atoms with Crippen LogP contribution in [0.4, 0.5) is 5.69 Å². The van der Waals surface area contributed by atoms with Gasteiger partial charge in [0.2, 0.25) is 0 Å². The largest absolute Gasteiger partial charge is 0.348 e. The lowest BCUT2D eigenvalue weighted by atomic mass is 10.1. The number of fused-ring (bicyclic) bond motifs is 1. The zero-order chi connectivity index (χ0) is 21.1. The summed E-state index contributed by atoms with van der Waals surface area (Å²) >= 11 is 6.02. The Hall–Kier alpha value is -3.62. The minimum atomic E-state index is -0.197. The number of nitriles is 1. The second-order valence-corrected chi connectivity index (χ2v) is 7.49. The predicted octanol–water partition coefficient (Wildman–Crippen LogP) is 4.34. The molecule has 0 unspecified atom stereocenters. The molecule has 3 aromatic rings. The van der Waals surface area contributed by atoms with E-state index < -0.39 is 0 Å². The van der Waals surface area contributed by atoms with Crippen molar-refractivity contribution in [2.45, 2.75) is 13.0 Å². The van der Waals surface area contributed by atoms with Crippen molar-refractivity contribution in [1.29, 1.82) is 5.26 Å². The summed E-state index contributed by atoms with van der Waals surface area (Å²) in [7, 11) is 0. The molecule has 6 heteroatoms. The van der Waals surface area contributed by atoms with Crippen LogP contribution < -0.4 is 10.2 Å². The van der Waals surface area contributed by atoms with E-state index >= 15 is 0 Å². The molecule has 5 nitrogen and oxygen atoms in total. The van der Waals surface area contributed by atoms with Gasteiger partial charge in [0.25, 0.3) is 11.8 Å². The maximum absolute atomic E-state index is 12.9. The van der Waals surface area contributed by atoms with Crippen LogP contribution in [0.1, 0.15) is 37.4 Å². The van der Waals surface area contributed by atoms with Crippen molar-refractivity contribution in [1.82, 2.24) is 5.32 Å². The van der Waals surface area contributed by atoms with Crippen LogP contribution in [-0.2, 0) is 13.0 Å². The number of nitrogens with one attached hydrogen (secondary N) is 1. The smallest absolute Gasteiger partial charge is 0.258 e. The molecule has 0 aliphatic carbocycles. The van der Waals surface area contributed by atoms with Crippen LogP contribution in [0.3, 0.4) is 0 Å². The average molecular weight is 416 g/mol. The van der Waals surface area contributed by atoms with E-state index in [9.17, 15) is 9.59 Å². The summed E-state index contributed by atoms with van der Waals surface area (Å²) in [6.07, 6.45) is 0.763. The Bertz CT molecular complexity index is 1170. The Morgan fingerprint density at radius 1 is 1.03 bits per heavy atom. The number of benzene rings is 3. The first-order chi connectivity index (χ1) is 14.5. The predicted molar refractivity (Wildman–Crippen MR) is 116 cm³/mol. The fourth-order valence-corrected chi connectivity index (χ4v) is 3.72. The van der Waals surface area contributed by atoms with Crippen molar-refractivity contribution in [3.8, 4) is 6.07 Å². The minimum Gasteiger partial charge on any atom is -0.348 e. The molecule has 0 atom stereocenters. The van der Waals surface area contributed by atoms with Crippen molar-refractivity contribution in [3.05, 3.63) is 99.6 Å². The van der Waals surface area contributed by atoms with E-state index in [1.54, 1.807) is 53.4 Å². The third kappa shape index (κ3) is 4.05. The second kappa shape index (κ2) is 8.40. The first-order valence-corrected chi connectivity index (χ1v) is 9.90. The third-order valence-electron chi connectivity index (χ3n) is 5.09. The lowest BCUT2D eigenvalue weighted by Crippen LogP contribution is -2.28. The highest BCUT2D eigenvalue weighted by atomic mass is 35.5. The number of hydrogen-bond acceptors (Lipinski definition) is 3. The molecule has 0 saturated carbocycles. The molecule has 0 aromatic heterocycles. The number of amides is 2. The maximum Gasteiger partial charge on any atom is 0.258 e. The molecule has 0 saturated heterocycles. The molecule has 0 bridgehead atoms. The Kier molecular flexibility index (Phi) is 5.51. The lowest BCUT2D eigenvalue weighted by molar-refractivity contribution is 0.0949. The molecule has 2 amide bonds. The quantitative estimate of drug-likeness (QED) is 0.688. The molecular weight excluding hydrogens is 398 g/mol. The first-order valence-electron chi connectivity index (χ1n) is 9.53. The Morgan fingerprint density at radius 3 is 2.57 bits per heavy atom. The summed E-state index contributed by atoms with van der Waals surface area (Å²) in [6, 6.07) is 21.4. The Labute approximate surface area is 179 Å². The number of nitrogens with zero attached hydrogens (tertiary/aromatic N) is 2. The molecule has 0 spiro atoms. The number of carbonyl (C=O) groups is 2. The number of hydrogen-bond donors (Lipinski definition) is 1. The van der Waals surface area contributed by atoms with Crippen LogP contribution in [0.15, 0.2) is 66.7 Å². The molecule has 0 fully saturated rings. The van der Waals surface area contributed by atoms with Crippen LogP contribution in [0, 0.1) is 11.3 Å². The maximum atomic E-state index is 12.9. The summed E-state index contributed by atoms with van der Waals surface area (Å²) in [5.41, 5.74) is 4.52. The van der Waals surface area contributed by atoms with Gasteiger partial charge in [0.05, 0.1) is 11.6 Å². The second-order valence-electron chi connectivity index (χ2n) is 7.05. The summed E-state index contributed by atoms with van der Waals surface area (Å²) < 4.78 is 0. The van der Waals surface area contributed by atoms with Crippen LogP contribution in [0.2, 0.25) is 5.02 Å². The van der Waals surface area contributed by atoms with Gasteiger partial charge < -0.3 is 10.2 Å². The van der Waals surface area contributed by atoms with Gasteiger partial charge >= 0.3 is 0 Å². The van der Waals surface area contributed by atoms with E-state index in [0.29, 0.717) is 34.8 Å². The summed E-state index contributed by atoms with van der Waals surface area (Å²) in [5.74, 6) is -0.268. The number of halogens is 1. The lowest BCUT2D eigenvalue weighted by Gasteiger charge is -2.18. The SMILES string of the molecule is N#Cc1ccc(C(=O)NCc2ccc3c(c2)CCN3C(=O)c2cccc(Cl)c2)cc1. The third-order valence-corrected chi connectivity index (χ3v) is 5.32. The zero-order valence-corrected chi connectivity index (χ0v) is 16.8. The van der Waals surface area contributed by atoms with E-state index in [0.717, 1.165) is 23.2 Å². The molecule has 1 heterocycles. The summed E-state index contributed by atoms with van der Waals surface area (Å²) in [4.78, 5) is 26.9. The van der Waals surface area contributed by atoms with Crippen molar-refractivity contribution in [2.24, 2.45) is 0 Å². The average Bonchev–Trinajstić information content (AvgIpc) is 3.20. The van der Waals surface area contributed by atoms with Crippen molar-refractivity contribution >= 4 is 29.1 Å². The van der Waals surface area contributed by atoms with Gasteiger partial charge in [-0.15, -0.1) is 0 Å². The van der Waals surface area contributed by atoms with Crippen LogP contribution in [0.25, 0.3) is 0 Å². The number of rotatable bonds is 4. The molecule has 1 N–H and O–H groups in total. The fraction of sp³-hybridized carbons (Fsp3) is 0.125. The molecular formula is C24H18ClN3O2. The Balaban J connectivity index is 1.44. The normalized spacial score (nSPS) is 12.2. The monoisotopic (exact) mass is 415 g/mol. The summed E-state index contributed by atoms with van der Waals surface area (Å²) in [5, 5.41) is 12.3. The standard InChI is InChI=1S/C24H18ClN3O2/c25-21-3-1-2-20(13-21)24(30)28-11-10-19-12-17(6-9-22(19)28)15-27-23(29)18-7-4-16(14-26)5-8-18/h1-9,12-13H,10-11,15H2,(H,27,29). The molecule has 1 aliphatic rings. The number of anilines is 1. The highest BCUT2D eigenvalue weighted by molar-refractivity contribution is 6.31.